The molecule has 1 aromatic rings. The Morgan fingerprint density at radius 1 is 1.38 bits per heavy atom. The van der Waals surface area contributed by atoms with Crippen molar-refractivity contribution in [2.24, 2.45) is 11.8 Å². The van der Waals surface area contributed by atoms with Gasteiger partial charge < -0.3 is 10.2 Å². The van der Waals surface area contributed by atoms with Crippen LogP contribution in [0.15, 0.2) is 18.6 Å². The summed E-state index contributed by atoms with van der Waals surface area (Å²) in [4.78, 5) is 11.0. The number of aromatic nitrogens is 2. The van der Waals surface area contributed by atoms with Gasteiger partial charge in [-0.1, -0.05) is 0 Å². The lowest BCUT2D eigenvalue weighted by Crippen LogP contribution is -2.45. The zero-order valence-electron chi connectivity index (χ0n) is 9.85. The summed E-state index contributed by atoms with van der Waals surface area (Å²) in [5.74, 6) is 2.51. The SMILES string of the molecule is CC1(C)C2CNCC2CN1c1cnccn1. The quantitative estimate of drug-likeness (QED) is 0.760. The highest BCUT2D eigenvalue weighted by Gasteiger charge is 2.49. The predicted octanol–water partition coefficient (Wildman–Crippen LogP) is 0.911. The van der Waals surface area contributed by atoms with Gasteiger partial charge in [-0.2, -0.15) is 0 Å². The lowest BCUT2D eigenvalue weighted by molar-refractivity contribution is 0.356. The number of nitrogens with zero attached hydrogens (tertiary/aromatic N) is 3. The molecule has 0 spiro atoms. The Labute approximate surface area is 96.1 Å². The Bertz CT molecular complexity index is 376. The zero-order chi connectivity index (χ0) is 11.2. The van der Waals surface area contributed by atoms with Crippen molar-refractivity contribution in [3.8, 4) is 0 Å². The van der Waals surface area contributed by atoms with Gasteiger partial charge in [-0.3, -0.25) is 4.98 Å². The predicted molar refractivity (Wildman–Crippen MR) is 63.3 cm³/mol. The third-order valence-electron chi connectivity index (χ3n) is 4.19. The molecule has 0 amide bonds. The zero-order valence-corrected chi connectivity index (χ0v) is 9.85. The van der Waals surface area contributed by atoms with Gasteiger partial charge in [0.25, 0.3) is 0 Å². The summed E-state index contributed by atoms with van der Waals surface area (Å²) in [6.45, 7) is 8.02. The molecule has 2 aliphatic heterocycles. The molecule has 3 rings (SSSR count). The summed E-state index contributed by atoms with van der Waals surface area (Å²) in [6, 6.07) is 0. The van der Waals surface area contributed by atoms with Gasteiger partial charge in [0.15, 0.2) is 0 Å². The fourth-order valence-corrected chi connectivity index (χ4v) is 3.24. The van der Waals surface area contributed by atoms with E-state index in [1.54, 1.807) is 12.4 Å². The third-order valence-corrected chi connectivity index (χ3v) is 4.19. The highest BCUT2D eigenvalue weighted by molar-refractivity contribution is 5.42. The van der Waals surface area contributed by atoms with Crippen molar-refractivity contribution in [2.75, 3.05) is 24.5 Å². The van der Waals surface area contributed by atoms with Crippen molar-refractivity contribution >= 4 is 5.82 Å². The second-order valence-corrected chi connectivity index (χ2v) is 5.35. The first kappa shape index (κ1) is 10.0. The number of anilines is 1. The molecule has 0 aliphatic carbocycles. The fraction of sp³-hybridized carbons (Fsp3) is 0.667. The standard InChI is InChI=1S/C12H18N4/c1-12(2)10-6-14-5-9(10)8-16(12)11-7-13-3-4-15-11/h3-4,7,9-10,14H,5-6,8H2,1-2H3. The second kappa shape index (κ2) is 3.42. The van der Waals surface area contributed by atoms with Crippen LogP contribution in [0.3, 0.4) is 0 Å². The second-order valence-electron chi connectivity index (χ2n) is 5.35. The van der Waals surface area contributed by atoms with Crippen LogP contribution >= 0.6 is 0 Å². The summed E-state index contributed by atoms with van der Waals surface area (Å²) in [5, 5.41) is 3.49. The molecule has 4 nitrogen and oxygen atoms in total. The molecule has 2 saturated heterocycles. The molecule has 2 aliphatic rings. The Morgan fingerprint density at radius 2 is 2.25 bits per heavy atom. The minimum absolute atomic E-state index is 0.185. The maximum atomic E-state index is 4.43. The molecule has 0 bridgehead atoms. The van der Waals surface area contributed by atoms with Crippen molar-refractivity contribution in [2.45, 2.75) is 19.4 Å². The van der Waals surface area contributed by atoms with Crippen LogP contribution in [0.2, 0.25) is 0 Å². The topological polar surface area (TPSA) is 41.0 Å². The van der Waals surface area contributed by atoms with E-state index < -0.39 is 0 Å². The molecule has 3 heterocycles. The average molecular weight is 218 g/mol. The minimum atomic E-state index is 0.185. The Kier molecular flexibility index (Phi) is 2.14. The van der Waals surface area contributed by atoms with Gasteiger partial charge in [0.05, 0.1) is 6.20 Å². The van der Waals surface area contributed by atoms with Crippen LogP contribution in [-0.2, 0) is 0 Å². The number of rotatable bonds is 1. The number of hydrogen-bond donors (Lipinski definition) is 1. The van der Waals surface area contributed by atoms with Crippen molar-refractivity contribution in [3.05, 3.63) is 18.6 Å². The molecule has 2 fully saturated rings. The van der Waals surface area contributed by atoms with Gasteiger partial charge in [0, 0.05) is 37.6 Å². The highest BCUT2D eigenvalue weighted by Crippen LogP contribution is 2.42. The molecular weight excluding hydrogens is 200 g/mol. The van der Waals surface area contributed by atoms with Crippen molar-refractivity contribution in [1.82, 2.24) is 15.3 Å². The number of nitrogens with one attached hydrogen (secondary N) is 1. The molecule has 86 valence electrons. The molecule has 1 aromatic heterocycles. The maximum absolute atomic E-state index is 4.43. The lowest BCUT2D eigenvalue weighted by Gasteiger charge is -2.36. The Hall–Kier alpha value is -1.16. The number of hydrogen-bond acceptors (Lipinski definition) is 4. The highest BCUT2D eigenvalue weighted by atomic mass is 15.3. The smallest absolute Gasteiger partial charge is 0.147 e. The largest absolute Gasteiger partial charge is 0.350 e. The van der Waals surface area contributed by atoms with E-state index in [0.717, 1.165) is 37.3 Å². The Morgan fingerprint density at radius 3 is 2.94 bits per heavy atom. The van der Waals surface area contributed by atoms with Gasteiger partial charge in [-0.25, -0.2) is 4.98 Å². The van der Waals surface area contributed by atoms with Crippen LogP contribution in [0.25, 0.3) is 0 Å². The summed E-state index contributed by atoms with van der Waals surface area (Å²) in [6.07, 6.45) is 5.38. The van der Waals surface area contributed by atoms with E-state index in [4.69, 9.17) is 0 Å². The molecule has 1 N–H and O–H groups in total. The van der Waals surface area contributed by atoms with Gasteiger partial charge >= 0.3 is 0 Å². The molecular formula is C12H18N4. The summed E-state index contributed by atoms with van der Waals surface area (Å²) in [7, 11) is 0. The first-order valence-electron chi connectivity index (χ1n) is 5.94. The van der Waals surface area contributed by atoms with Crippen LogP contribution in [0.1, 0.15) is 13.8 Å². The van der Waals surface area contributed by atoms with E-state index in [2.05, 4.69) is 34.0 Å². The average Bonchev–Trinajstić information content (AvgIpc) is 2.83. The summed E-state index contributed by atoms with van der Waals surface area (Å²) >= 11 is 0. The first-order valence-corrected chi connectivity index (χ1v) is 5.94. The third kappa shape index (κ3) is 1.33. The van der Waals surface area contributed by atoms with Gasteiger partial charge in [-0.05, 0) is 25.7 Å². The molecule has 0 radical (unpaired) electrons. The minimum Gasteiger partial charge on any atom is -0.350 e. The van der Waals surface area contributed by atoms with E-state index in [1.807, 2.05) is 6.20 Å². The lowest BCUT2D eigenvalue weighted by atomic mass is 9.85. The van der Waals surface area contributed by atoms with E-state index in [1.165, 1.54) is 0 Å². The van der Waals surface area contributed by atoms with Crippen molar-refractivity contribution in [1.29, 1.82) is 0 Å². The van der Waals surface area contributed by atoms with Crippen molar-refractivity contribution < 1.29 is 0 Å². The fourth-order valence-electron chi connectivity index (χ4n) is 3.24. The first-order chi connectivity index (χ1) is 7.69. The summed E-state index contributed by atoms with van der Waals surface area (Å²) < 4.78 is 0. The van der Waals surface area contributed by atoms with E-state index in [0.29, 0.717) is 0 Å². The Balaban J connectivity index is 1.93. The molecule has 16 heavy (non-hydrogen) atoms. The van der Waals surface area contributed by atoms with Gasteiger partial charge in [-0.15, -0.1) is 0 Å². The van der Waals surface area contributed by atoms with Crippen LogP contribution in [0.5, 0.6) is 0 Å². The molecule has 0 aromatic carbocycles. The van der Waals surface area contributed by atoms with Crippen LogP contribution in [0, 0.1) is 11.8 Å². The molecule has 2 atom stereocenters. The van der Waals surface area contributed by atoms with Gasteiger partial charge in [0.2, 0.25) is 0 Å². The summed E-state index contributed by atoms with van der Waals surface area (Å²) in [5.41, 5.74) is 0.185. The molecule has 4 heteroatoms. The van der Waals surface area contributed by atoms with E-state index in [-0.39, 0.29) is 5.54 Å². The van der Waals surface area contributed by atoms with Crippen LogP contribution < -0.4 is 10.2 Å². The van der Waals surface area contributed by atoms with Crippen molar-refractivity contribution in [3.63, 3.8) is 0 Å². The monoisotopic (exact) mass is 218 g/mol. The van der Waals surface area contributed by atoms with Crippen LogP contribution in [0.4, 0.5) is 5.82 Å². The van der Waals surface area contributed by atoms with Crippen LogP contribution in [-0.4, -0.2) is 35.1 Å². The van der Waals surface area contributed by atoms with E-state index in [9.17, 15) is 0 Å². The normalized spacial score (nSPS) is 31.8. The molecule has 2 unspecified atom stereocenters. The maximum Gasteiger partial charge on any atom is 0.147 e. The van der Waals surface area contributed by atoms with Gasteiger partial charge in [0.1, 0.15) is 5.82 Å². The molecule has 0 saturated carbocycles. The van der Waals surface area contributed by atoms with E-state index >= 15 is 0 Å². The number of fused-ring (bicyclic) bond motifs is 1.